The molecule has 0 saturated carbocycles. The first kappa shape index (κ1) is 14.4. The summed E-state index contributed by atoms with van der Waals surface area (Å²) in [7, 11) is 0. The highest BCUT2D eigenvalue weighted by Gasteiger charge is 2.22. The summed E-state index contributed by atoms with van der Waals surface area (Å²) in [4.78, 5) is 2.54. The average molecular weight is 262 g/mol. The molecule has 0 amide bonds. The fourth-order valence-corrected chi connectivity index (χ4v) is 2.44. The van der Waals surface area contributed by atoms with Gasteiger partial charge in [0, 0.05) is 25.7 Å². The van der Waals surface area contributed by atoms with Crippen LogP contribution in [0.5, 0.6) is 5.75 Å². The van der Waals surface area contributed by atoms with Crippen molar-refractivity contribution in [2.24, 2.45) is 0 Å². The van der Waals surface area contributed by atoms with Gasteiger partial charge in [0.25, 0.3) is 0 Å². The van der Waals surface area contributed by atoms with Gasteiger partial charge in [0.05, 0.1) is 6.61 Å². The lowest BCUT2D eigenvalue weighted by atomic mass is 10.1. The Kier molecular flexibility index (Phi) is 5.23. The first-order valence-electron chi connectivity index (χ1n) is 7.35. The largest absolute Gasteiger partial charge is 0.493 e. The topological polar surface area (TPSA) is 24.5 Å². The van der Waals surface area contributed by atoms with Crippen LogP contribution in [0.3, 0.4) is 0 Å². The summed E-state index contributed by atoms with van der Waals surface area (Å²) in [5.41, 5.74) is 2.48. The second kappa shape index (κ2) is 6.92. The maximum Gasteiger partial charge on any atom is 0.122 e. The quantitative estimate of drug-likeness (QED) is 0.764. The Balaban J connectivity index is 1.72. The maximum absolute atomic E-state index is 5.90. The Morgan fingerprint density at radius 3 is 2.74 bits per heavy atom. The predicted octanol–water partition coefficient (Wildman–Crippen LogP) is 2.37. The molecule has 1 aromatic rings. The zero-order valence-electron chi connectivity index (χ0n) is 12.4. The molecule has 106 valence electrons. The summed E-state index contributed by atoms with van der Waals surface area (Å²) in [5, 5.41) is 3.33. The van der Waals surface area contributed by atoms with Gasteiger partial charge in [-0.3, -0.25) is 4.90 Å². The Morgan fingerprint density at radius 1 is 1.32 bits per heavy atom. The van der Waals surface area contributed by atoms with Crippen LogP contribution in [-0.2, 0) is 0 Å². The summed E-state index contributed by atoms with van der Waals surface area (Å²) >= 11 is 0. The number of ether oxygens (including phenoxy) is 1. The third-order valence-corrected chi connectivity index (χ3v) is 3.87. The predicted molar refractivity (Wildman–Crippen MR) is 79.9 cm³/mol. The zero-order valence-corrected chi connectivity index (χ0v) is 12.4. The molecule has 3 heteroatoms. The standard InChI is InChI=1S/C16H26N2O/c1-4-18(15-11-17-12-15)8-5-9-19-16-10-13(2)6-7-14(16)3/h6-7,10,15,17H,4-5,8-9,11-12H2,1-3H3. The third kappa shape index (κ3) is 3.95. The lowest BCUT2D eigenvalue weighted by molar-refractivity contribution is 0.142. The Morgan fingerprint density at radius 2 is 2.11 bits per heavy atom. The number of hydrogen-bond acceptors (Lipinski definition) is 3. The van der Waals surface area contributed by atoms with Crippen LogP contribution >= 0.6 is 0 Å². The zero-order chi connectivity index (χ0) is 13.7. The van der Waals surface area contributed by atoms with Crippen molar-refractivity contribution in [3.05, 3.63) is 29.3 Å². The summed E-state index contributed by atoms with van der Waals surface area (Å²) in [6.45, 7) is 11.8. The second-order valence-electron chi connectivity index (χ2n) is 5.41. The maximum atomic E-state index is 5.90. The molecule has 0 spiro atoms. The molecular formula is C16H26N2O. The molecule has 3 nitrogen and oxygen atoms in total. The van der Waals surface area contributed by atoms with Crippen molar-refractivity contribution in [3.8, 4) is 5.75 Å². The van der Waals surface area contributed by atoms with E-state index in [0.29, 0.717) is 0 Å². The van der Waals surface area contributed by atoms with Gasteiger partial charge in [0.1, 0.15) is 5.75 Å². The van der Waals surface area contributed by atoms with Crippen LogP contribution in [0.4, 0.5) is 0 Å². The number of nitrogens with one attached hydrogen (secondary N) is 1. The van der Waals surface area contributed by atoms with E-state index in [1.807, 2.05) is 0 Å². The average Bonchev–Trinajstić information content (AvgIpc) is 2.34. The fourth-order valence-electron chi connectivity index (χ4n) is 2.44. The summed E-state index contributed by atoms with van der Waals surface area (Å²) in [5.74, 6) is 1.04. The number of rotatable bonds is 7. The summed E-state index contributed by atoms with van der Waals surface area (Å²) in [6.07, 6.45) is 1.09. The molecular weight excluding hydrogens is 236 g/mol. The van der Waals surface area contributed by atoms with Gasteiger partial charge in [-0.05, 0) is 44.0 Å². The van der Waals surface area contributed by atoms with E-state index in [0.717, 1.165) is 51.0 Å². The molecule has 0 aromatic heterocycles. The van der Waals surface area contributed by atoms with Crippen LogP contribution in [0.1, 0.15) is 24.5 Å². The lowest BCUT2D eigenvalue weighted by Gasteiger charge is -2.37. The molecule has 0 atom stereocenters. The highest BCUT2D eigenvalue weighted by atomic mass is 16.5. The van der Waals surface area contributed by atoms with E-state index in [4.69, 9.17) is 4.74 Å². The van der Waals surface area contributed by atoms with Crippen LogP contribution in [-0.4, -0.2) is 43.7 Å². The molecule has 1 N–H and O–H groups in total. The Bertz CT molecular complexity index is 402. The van der Waals surface area contributed by atoms with Crippen LogP contribution in [0.2, 0.25) is 0 Å². The van der Waals surface area contributed by atoms with E-state index in [1.165, 1.54) is 11.1 Å². The van der Waals surface area contributed by atoms with Gasteiger partial charge in [0.2, 0.25) is 0 Å². The van der Waals surface area contributed by atoms with E-state index in [9.17, 15) is 0 Å². The Labute approximate surface area is 116 Å². The van der Waals surface area contributed by atoms with Crippen molar-refractivity contribution in [1.82, 2.24) is 10.2 Å². The van der Waals surface area contributed by atoms with Crippen molar-refractivity contribution >= 4 is 0 Å². The molecule has 1 heterocycles. The van der Waals surface area contributed by atoms with Crippen molar-refractivity contribution in [2.45, 2.75) is 33.2 Å². The van der Waals surface area contributed by atoms with Gasteiger partial charge < -0.3 is 10.1 Å². The molecule has 1 aliphatic rings. The normalized spacial score (nSPS) is 15.6. The molecule has 1 aromatic carbocycles. The Hall–Kier alpha value is -1.06. The molecule has 1 aliphatic heterocycles. The molecule has 0 aliphatic carbocycles. The van der Waals surface area contributed by atoms with E-state index in [-0.39, 0.29) is 0 Å². The molecule has 2 rings (SSSR count). The lowest BCUT2D eigenvalue weighted by Crippen LogP contribution is -2.57. The van der Waals surface area contributed by atoms with Gasteiger partial charge in [-0.2, -0.15) is 0 Å². The number of nitrogens with zero attached hydrogens (tertiary/aromatic N) is 1. The van der Waals surface area contributed by atoms with E-state index in [2.05, 4.69) is 49.2 Å². The van der Waals surface area contributed by atoms with Crippen LogP contribution in [0, 0.1) is 13.8 Å². The minimum Gasteiger partial charge on any atom is -0.493 e. The van der Waals surface area contributed by atoms with Crippen molar-refractivity contribution < 1.29 is 4.74 Å². The van der Waals surface area contributed by atoms with Crippen molar-refractivity contribution in [3.63, 3.8) is 0 Å². The second-order valence-corrected chi connectivity index (χ2v) is 5.41. The van der Waals surface area contributed by atoms with Gasteiger partial charge >= 0.3 is 0 Å². The number of benzene rings is 1. The molecule has 0 unspecified atom stereocenters. The van der Waals surface area contributed by atoms with Crippen molar-refractivity contribution in [2.75, 3.05) is 32.8 Å². The van der Waals surface area contributed by atoms with Crippen LogP contribution < -0.4 is 10.1 Å². The minimum atomic E-state index is 0.741. The van der Waals surface area contributed by atoms with E-state index >= 15 is 0 Å². The molecule has 1 saturated heterocycles. The highest BCUT2D eigenvalue weighted by Crippen LogP contribution is 2.19. The van der Waals surface area contributed by atoms with E-state index in [1.54, 1.807) is 0 Å². The van der Waals surface area contributed by atoms with Crippen LogP contribution in [0.15, 0.2) is 18.2 Å². The first-order chi connectivity index (χ1) is 9.20. The molecule has 0 bridgehead atoms. The third-order valence-electron chi connectivity index (χ3n) is 3.87. The SMILES string of the molecule is CCN(CCCOc1cc(C)ccc1C)C1CNC1. The van der Waals surface area contributed by atoms with Gasteiger partial charge in [-0.25, -0.2) is 0 Å². The van der Waals surface area contributed by atoms with Crippen molar-refractivity contribution in [1.29, 1.82) is 0 Å². The molecule has 19 heavy (non-hydrogen) atoms. The number of likely N-dealkylation sites (N-methyl/N-ethyl adjacent to an activating group) is 1. The van der Waals surface area contributed by atoms with Gasteiger partial charge in [0.15, 0.2) is 0 Å². The number of hydrogen-bond donors (Lipinski definition) is 1. The monoisotopic (exact) mass is 262 g/mol. The summed E-state index contributed by atoms with van der Waals surface area (Å²) < 4.78 is 5.90. The fraction of sp³-hybridized carbons (Fsp3) is 0.625. The highest BCUT2D eigenvalue weighted by molar-refractivity contribution is 5.35. The number of aryl methyl sites for hydroxylation is 2. The summed E-state index contributed by atoms with van der Waals surface area (Å²) in [6, 6.07) is 7.13. The molecule has 0 radical (unpaired) electrons. The first-order valence-corrected chi connectivity index (χ1v) is 7.35. The van der Waals surface area contributed by atoms with Gasteiger partial charge in [-0.15, -0.1) is 0 Å². The van der Waals surface area contributed by atoms with E-state index < -0.39 is 0 Å². The van der Waals surface area contributed by atoms with Gasteiger partial charge in [-0.1, -0.05) is 19.1 Å². The molecule has 1 fully saturated rings. The minimum absolute atomic E-state index is 0.741. The van der Waals surface area contributed by atoms with Crippen LogP contribution in [0.25, 0.3) is 0 Å². The smallest absolute Gasteiger partial charge is 0.122 e.